The molecule has 2 heteroatoms. The highest BCUT2D eigenvalue weighted by Gasteiger charge is 1.96. The van der Waals surface area contributed by atoms with Crippen LogP contribution in [0.1, 0.15) is 40.0 Å². The van der Waals surface area contributed by atoms with Gasteiger partial charge in [0.1, 0.15) is 0 Å². The van der Waals surface area contributed by atoms with Gasteiger partial charge in [-0.1, -0.05) is 44.4 Å². The predicted octanol–water partition coefficient (Wildman–Crippen LogP) is 2.80. The van der Waals surface area contributed by atoms with Crippen molar-refractivity contribution in [3.8, 4) is 0 Å². The summed E-state index contributed by atoms with van der Waals surface area (Å²) in [5.41, 5.74) is 6.10. The number of hydrogen-bond donors (Lipinski definition) is 1. The largest absolute Gasteiger partial charge is 0.366 e. The average Bonchev–Trinajstić information content (AvgIpc) is 2.11. The molecular weight excluding hydrogens is 174 g/mol. The predicted molar refractivity (Wildman–Crippen MR) is 60.8 cm³/mol. The Labute approximate surface area is 86.9 Å². The van der Waals surface area contributed by atoms with E-state index in [0.717, 1.165) is 5.57 Å². The summed E-state index contributed by atoms with van der Waals surface area (Å²) in [5.74, 6) is 0.187. The van der Waals surface area contributed by atoms with E-state index in [1.165, 1.54) is 25.3 Å². The van der Waals surface area contributed by atoms with Gasteiger partial charge in [0.2, 0.25) is 5.91 Å². The van der Waals surface area contributed by atoms with Crippen LogP contribution in [0.4, 0.5) is 0 Å². The maximum Gasteiger partial charge on any atom is 0.241 e. The second kappa shape index (κ2) is 7.36. The first-order valence-corrected chi connectivity index (χ1v) is 5.22. The molecule has 0 saturated carbocycles. The molecule has 0 rings (SSSR count). The van der Waals surface area contributed by atoms with E-state index < -0.39 is 0 Å². The standard InChI is InChI=1S/C12H21NO/c1-4-5-6-10(2)9-11(3)7-8-12(13)14/h7-10H,4-6H2,1-3H3,(H2,13,14)/b8-7+,11-9+/t10-/m1/s1. The highest BCUT2D eigenvalue weighted by Crippen LogP contribution is 2.11. The molecule has 1 atom stereocenters. The molecule has 0 aliphatic heterocycles. The third-order valence-corrected chi connectivity index (χ3v) is 2.07. The summed E-state index contributed by atoms with van der Waals surface area (Å²) in [5, 5.41) is 0. The molecule has 0 spiro atoms. The van der Waals surface area contributed by atoms with Gasteiger partial charge in [0.25, 0.3) is 0 Å². The number of carbonyl (C=O) groups is 1. The molecule has 0 aliphatic carbocycles. The van der Waals surface area contributed by atoms with E-state index in [1.807, 2.05) is 6.92 Å². The van der Waals surface area contributed by atoms with Crippen molar-refractivity contribution in [3.05, 3.63) is 23.8 Å². The minimum Gasteiger partial charge on any atom is -0.366 e. The van der Waals surface area contributed by atoms with Gasteiger partial charge in [-0.2, -0.15) is 0 Å². The number of carbonyl (C=O) groups excluding carboxylic acids is 1. The fourth-order valence-electron chi connectivity index (χ4n) is 1.33. The highest BCUT2D eigenvalue weighted by molar-refractivity contribution is 5.86. The van der Waals surface area contributed by atoms with Crippen LogP contribution in [-0.2, 0) is 4.79 Å². The zero-order valence-corrected chi connectivity index (χ0v) is 9.42. The molecule has 80 valence electrons. The monoisotopic (exact) mass is 195 g/mol. The van der Waals surface area contributed by atoms with Crippen LogP contribution in [0.5, 0.6) is 0 Å². The Kier molecular flexibility index (Phi) is 6.81. The Hall–Kier alpha value is -1.05. The Morgan fingerprint density at radius 3 is 2.57 bits per heavy atom. The van der Waals surface area contributed by atoms with Crippen molar-refractivity contribution in [2.45, 2.75) is 40.0 Å². The van der Waals surface area contributed by atoms with Crippen molar-refractivity contribution in [2.75, 3.05) is 0 Å². The molecule has 0 saturated heterocycles. The second-order valence-corrected chi connectivity index (χ2v) is 3.77. The van der Waals surface area contributed by atoms with E-state index in [1.54, 1.807) is 6.08 Å². The van der Waals surface area contributed by atoms with Crippen LogP contribution in [0, 0.1) is 5.92 Å². The van der Waals surface area contributed by atoms with E-state index in [4.69, 9.17) is 5.73 Å². The highest BCUT2D eigenvalue weighted by atomic mass is 16.1. The first kappa shape index (κ1) is 12.9. The molecule has 0 aromatic carbocycles. The summed E-state index contributed by atoms with van der Waals surface area (Å²) in [6.45, 7) is 6.37. The van der Waals surface area contributed by atoms with Crippen molar-refractivity contribution in [2.24, 2.45) is 11.7 Å². The normalized spacial score (nSPS) is 14.6. The number of rotatable bonds is 6. The quantitative estimate of drug-likeness (QED) is 0.514. The van der Waals surface area contributed by atoms with E-state index in [-0.39, 0.29) is 5.91 Å². The molecule has 14 heavy (non-hydrogen) atoms. The minimum atomic E-state index is -0.390. The molecule has 0 aliphatic rings. The lowest BCUT2D eigenvalue weighted by molar-refractivity contribution is -0.113. The van der Waals surface area contributed by atoms with Gasteiger partial charge in [0.05, 0.1) is 0 Å². The zero-order valence-electron chi connectivity index (χ0n) is 9.42. The molecule has 0 bridgehead atoms. The van der Waals surface area contributed by atoms with Crippen LogP contribution in [0.2, 0.25) is 0 Å². The van der Waals surface area contributed by atoms with Crippen molar-refractivity contribution in [3.63, 3.8) is 0 Å². The van der Waals surface area contributed by atoms with Crippen LogP contribution in [0.15, 0.2) is 23.8 Å². The number of nitrogens with two attached hydrogens (primary N) is 1. The Morgan fingerprint density at radius 1 is 1.43 bits per heavy atom. The van der Waals surface area contributed by atoms with Gasteiger partial charge < -0.3 is 5.73 Å². The number of primary amides is 1. The fraction of sp³-hybridized carbons (Fsp3) is 0.583. The molecule has 2 N–H and O–H groups in total. The molecular formula is C12H21NO. The minimum absolute atomic E-state index is 0.390. The molecule has 1 amide bonds. The van der Waals surface area contributed by atoms with Crippen molar-refractivity contribution >= 4 is 5.91 Å². The number of allylic oxidation sites excluding steroid dienone is 3. The molecule has 0 heterocycles. The van der Waals surface area contributed by atoms with Gasteiger partial charge in [-0.25, -0.2) is 0 Å². The van der Waals surface area contributed by atoms with Crippen molar-refractivity contribution < 1.29 is 4.79 Å². The molecule has 0 unspecified atom stereocenters. The van der Waals surface area contributed by atoms with Crippen LogP contribution >= 0.6 is 0 Å². The SMILES string of the molecule is CCCC[C@@H](C)/C=C(C)/C=C/C(N)=O. The van der Waals surface area contributed by atoms with E-state index in [9.17, 15) is 4.79 Å². The van der Waals surface area contributed by atoms with Gasteiger partial charge in [0.15, 0.2) is 0 Å². The van der Waals surface area contributed by atoms with Gasteiger partial charge in [-0.3, -0.25) is 4.79 Å². The lowest BCUT2D eigenvalue weighted by atomic mass is 10.0. The van der Waals surface area contributed by atoms with E-state index in [2.05, 4.69) is 19.9 Å². The summed E-state index contributed by atoms with van der Waals surface area (Å²) < 4.78 is 0. The van der Waals surface area contributed by atoms with Gasteiger partial charge >= 0.3 is 0 Å². The third kappa shape index (κ3) is 7.59. The van der Waals surface area contributed by atoms with Crippen LogP contribution in [0.3, 0.4) is 0 Å². The maximum atomic E-state index is 10.5. The van der Waals surface area contributed by atoms with Gasteiger partial charge in [0, 0.05) is 6.08 Å². The summed E-state index contributed by atoms with van der Waals surface area (Å²) in [6.07, 6.45) is 9.04. The van der Waals surface area contributed by atoms with Crippen LogP contribution in [-0.4, -0.2) is 5.91 Å². The summed E-state index contributed by atoms with van der Waals surface area (Å²) in [7, 11) is 0. The molecule has 2 nitrogen and oxygen atoms in total. The lowest BCUT2D eigenvalue weighted by Crippen LogP contribution is -2.05. The first-order chi connectivity index (χ1) is 6.56. The summed E-state index contributed by atoms with van der Waals surface area (Å²) >= 11 is 0. The maximum absolute atomic E-state index is 10.5. The molecule has 0 aromatic heterocycles. The molecule has 0 radical (unpaired) electrons. The zero-order chi connectivity index (χ0) is 11.0. The average molecular weight is 195 g/mol. The molecule has 0 fully saturated rings. The smallest absolute Gasteiger partial charge is 0.241 e. The fourth-order valence-corrected chi connectivity index (χ4v) is 1.33. The Balaban J connectivity index is 4.01. The van der Waals surface area contributed by atoms with Crippen molar-refractivity contribution in [1.82, 2.24) is 0 Å². The first-order valence-electron chi connectivity index (χ1n) is 5.22. The Bertz CT molecular complexity index is 228. The van der Waals surface area contributed by atoms with Crippen LogP contribution < -0.4 is 5.73 Å². The summed E-state index contributed by atoms with van der Waals surface area (Å²) in [6, 6.07) is 0. The molecule has 0 aromatic rings. The van der Waals surface area contributed by atoms with Crippen LogP contribution in [0.25, 0.3) is 0 Å². The number of unbranched alkanes of at least 4 members (excludes halogenated alkanes) is 1. The van der Waals surface area contributed by atoms with Gasteiger partial charge in [-0.05, 0) is 19.3 Å². The third-order valence-electron chi connectivity index (χ3n) is 2.07. The summed E-state index contributed by atoms with van der Waals surface area (Å²) in [4.78, 5) is 10.5. The number of hydrogen-bond acceptors (Lipinski definition) is 1. The van der Waals surface area contributed by atoms with Crippen molar-refractivity contribution in [1.29, 1.82) is 0 Å². The van der Waals surface area contributed by atoms with E-state index >= 15 is 0 Å². The Morgan fingerprint density at radius 2 is 2.07 bits per heavy atom. The number of amides is 1. The second-order valence-electron chi connectivity index (χ2n) is 3.77. The topological polar surface area (TPSA) is 43.1 Å². The van der Waals surface area contributed by atoms with E-state index in [0.29, 0.717) is 5.92 Å². The lowest BCUT2D eigenvalue weighted by Gasteiger charge is -2.05. The van der Waals surface area contributed by atoms with Gasteiger partial charge in [-0.15, -0.1) is 0 Å².